The number of nitrogens with zero attached hydrogens (tertiary/aromatic N) is 7. The summed E-state index contributed by atoms with van der Waals surface area (Å²) in [7, 11) is 0. The average Bonchev–Trinajstić information content (AvgIpc) is 3.69. The summed E-state index contributed by atoms with van der Waals surface area (Å²) < 4.78 is 31.7. The Bertz CT molecular complexity index is 2120. The van der Waals surface area contributed by atoms with Crippen molar-refractivity contribution in [2.75, 3.05) is 41.7 Å². The predicted molar refractivity (Wildman–Crippen MR) is 181 cm³/mol. The number of imidazole rings is 1. The SMILES string of the molecule is O=C(Nc1cc(CCCc2cc(NC(=O)c3ccc(-n4ccnc4)nn3)c(C(=O)O)cc2F)c(F)cc1C(=O)O)c1ccc(N2CCNCC2)nn1. The van der Waals surface area contributed by atoms with Crippen LogP contribution in [0.25, 0.3) is 5.82 Å². The van der Waals surface area contributed by atoms with Gasteiger partial charge in [0.25, 0.3) is 11.8 Å². The molecule has 0 atom stereocenters. The van der Waals surface area contributed by atoms with Gasteiger partial charge in [0, 0.05) is 38.6 Å². The number of benzene rings is 2. The van der Waals surface area contributed by atoms with Crippen molar-refractivity contribution in [1.82, 2.24) is 35.3 Å². The number of hydrogen-bond donors (Lipinski definition) is 5. The first-order valence-electron chi connectivity index (χ1n) is 15.9. The Balaban J connectivity index is 1.14. The fraction of sp³-hybridized carbons (Fsp3) is 0.206. The van der Waals surface area contributed by atoms with E-state index in [1.54, 1.807) is 16.8 Å². The molecule has 16 nitrogen and oxygen atoms in total. The van der Waals surface area contributed by atoms with E-state index in [0.717, 1.165) is 38.3 Å². The second-order valence-corrected chi connectivity index (χ2v) is 11.6. The van der Waals surface area contributed by atoms with Crippen LogP contribution >= 0.6 is 0 Å². The first kappa shape index (κ1) is 35.1. The molecule has 2 aromatic carbocycles. The van der Waals surface area contributed by atoms with Crippen LogP contribution in [0.15, 0.2) is 67.3 Å². The molecule has 1 saturated heterocycles. The number of aryl methyl sites for hydroxylation is 2. The molecular weight excluding hydrogens is 682 g/mol. The van der Waals surface area contributed by atoms with E-state index < -0.39 is 46.5 Å². The highest BCUT2D eigenvalue weighted by atomic mass is 19.1. The van der Waals surface area contributed by atoms with Gasteiger partial charge in [0.2, 0.25) is 0 Å². The van der Waals surface area contributed by atoms with E-state index >= 15 is 8.78 Å². The first-order valence-corrected chi connectivity index (χ1v) is 15.9. The molecule has 0 unspecified atom stereocenters. The van der Waals surface area contributed by atoms with Crippen LogP contribution in [0.2, 0.25) is 0 Å². The average molecular weight is 713 g/mol. The lowest BCUT2D eigenvalue weighted by Gasteiger charge is -2.27. The molecular formula is C34H30F2N10O6. The number of aromatic carboxylic acids is 2. The van der Waals surface area contributed by atoms with Crippen LogP contribution in [0.5, 0.6) is 0 Å². The van der Waals surface area contributed by atoms with E-state index in [1.807, 2.05) is 4.90 Å². The fourth-order valence-electron chi connectivity index (χ4n) is 5.51. The summed E-state index contributed by atoms with van der Waals surface area (Å²) in [5.74, 6) is -5.25. The third-order valence-corrected chi connectivity index (χ3v) is 8.20. The van der Waals surface area contributed by atoms with E-state index in [-0.39, 0.29) is 53.2 Å². The smallest absolute Gasteiger partial charge is 0.337 e. The Hall–Kier alpha value is -6.69. The quantitative estimate of drug-likeness (QED) is 0.126. The van der Waals surface area contributed by atoms with Gasteiger partial charge in [-0.3, -0.25) is 14.2 Å². The van der Waals surface area contributed by atoms with Gasteiger partial charge in [0.1, 0.15) is 18.0 Å². The Labute approximate surface area is 293 Å². The number of piperazine rings is 1. The van der Waals surface area contributed by atoms with Crippen LogP contribution in [0.1, 0.15) is 59.2 Å². The van der Waals surface area contributed by atoms with Crippen LogP contribution in [-0.4, -0.2) is 90.1 Å². The molecule has 5 N–H and O–H groups in total. The maximum atomic E-state index is 15.1. The molecule has 0 bridgehead atoms. The van der Waals surface area contributed by atoms with Gasteiger partial charge in [-0.25, -0.2) is 23.4 Å². The molecule has 1 aliphatic heterocycles. The maximum Gasteiger partial charge on any atom is 0.337 e. The van der Waals surface area contributed by atoms with Gasteiger partial charge in [0.05, 0.1) is 22.5 Å². The lowest BCUT2D eigenvalue weighted by molar-refractivity contribution is 0.0686. The minimum absolute atomic E-state index is 0.0194. The van der Waals surface area contributed by atoms with E-state index in [0.29, 0.717) is 11.6 Å². The van der Waals surface area contributed by atoms with Crippen molar-refractivity contribution in [1.29, 1.82) is 0 Å². The first-order chi connectivity index (χ1) is 25.1. The summed E-state index contributed by atoms with van der Waals surface area (Å²) in [6.45, 7) is 3.00. The third-order valence-electron chi connectivity index (χ3n) is 8.20. The molecule has 1 fully saturated rings. The molecule has 4 heterocycles. The van der Waals surface area contributed by atoms with Crippen LogP contribution < -0.4 is 20.9 Å². The highest BCUT2D eigenvalue weighted by molar-refractivity contribution is 6.07. The van der Waals surface area contributed by atoms with Gasteiger partial charge in [-0.05, 0) is 78.9 Å². The van der Waals surface area contributed by atoms with Gasteiger partial charge in [-0.1, -0.05) is 0 Å². The lowest BCUT2D eigenvalue weighted by atomic mass is 9.99. The number of nitrogens with one attached hydrogen (secondary N) is 3. The molecule has 1 aliphatic rings. The van der Waals surface area contributed by atoms with Gasteiger partial charge in [-0.15, -0.1) is 20.4 Å². The van der Waals surface area contributed by atoms with Crippen molar-refractivity contribution < 1.29 is 38.2 Å². The van der Waals surface area contributed by atoms with Gasteiger partial charge >= 0.3 is 11.9 Å². The molecule has 52 heavy (non-hydrogen) atoms. The zero-order chi connectivity index (χ0) is 36.8. The lowest BCUT2D eigenvalue weighted by Crippen LogP contribution is -2.44. The zero-order valence-electron chi connectivity index (χ0n) is 27.2. The number of rotatable bonds is 12. The summed E-state index contributed by atoms with van der Waals surface area (Å²) in [6.07, 6.45) is 4.73. The highest BCUT2D eigenvalue weighted by Gasteiger charge is 2.22. The molecule has 3 aromatic heterocycles. The molecule has 18 heteroatoms. The maximum absolute atomic E-state index is 15.1. The number of carboxylic acids is 2. The number of hydrogen-bond acceptors (Lipinski definition) is 11. The third kappa shape index (κ3) is 8.02. The topological polar surface area (TPSA) is 217 Å². The standard InChI is InChI=1S/C34H30F2N10O6/c35-23-16-21(33(49)50)27(39-31(47)25-4-6-29(43-41-25)45-11-8-37-9-12-45)14-19(23)2-1-3-20-15-28(22(34(51)52)17-24(20)36)40-32(48)26-5-7-30(44-42-26)46-13-10-38-18-46/h4-7,10,13-18,37H,1-3,8-9,11-12H2,(H,39,47)(H,40,48)(H,49,50)(H,51,52). The highest BCUT2D eigenvalue weighted by Crippen LogP contribution is 2.26. The van der Waals surface area contributed by atoms with Crippen LogP contribution in [-0.2, 0) is 12.8 Å². The minimum atomic E-state index is -1.49. The molecule has 0 aliphatic carbocycles. The summed E-state index contributed by atoms with van der Waals surface area (Å²) in [5, 5.41) is 43.4. The number of anilines is 3. The molecule has 0 saturated carbocycles. The van der Waals surface area contributed by atoms with Crippen molar-refractivity contribution in [2.24, 2.45) is 0 Å². The molecule has 266 valence electrons. The number of halogens is 2. The summed E-state index contributed by atoms with van der Waals surface area (Å²) in [4.78, 5) is 55.7. The van der Waals surface area contributed by atoms with Gasteiger partial charge < -0.3 is 31.1 Å². The van der Waals surface area contributed by atoms with Crippen molar-refractivity contribution in [3.63, 3.8) is 0 Å². The van der Waals surface area contributed by atoms with Crippen LogP contribution in [0.3, 0.4) is 0 Å². The number of amides is 2. The normalized spacial score (nSPS) is 12.7. The molecule has 0 spiro atoms. The summed E-state index contributed by atoms with van der Waals surface area (Å²) >= 11 is 0. The number of aromatic nitrogens is 6. The van der Waals surface area contributed by atoms with Crippen LogP contribution in [0.4, 0.5) is 26.0 Å². The minimum Gasteiger partial charge on any atom is -0.478 e. The summed E-state index contributed by atoms with van der Waals surface area (Å²) in [5.41, 5.74) is -1.51. The Kier molecular flexibility index (Phi) is 10.5. The largest absolute Gasteiger partial charge is 0.478 e. The number of carboxylic acid groups (broad SMARTS) is 2. The Morgan fingerprint density at radius 1 is 0.731 bits per heavy atom. The molecule has 2 amide bonds. The molecule has 5 aromatic rings. The van der Waals surface area contributed by atoms with Gasteiger partial charge in [-0.2, -0.15) is 0 Å². The van der Waals surface area contributed by atoms with Gasteiger partial charge in [0.15, 0.2) is 23.0 Å². The van der Waals surface area contributed by atoms with Crippen molar-refractivity contribution in [2.45, 2.75) is 19.3 Å². The molecule has 6 rings (SSSR count). The fourth-order valence-corrected chi connectivity index (χ4v) is 5.51. The second kappa shape index (κ2) is 15.5. The second-order valence-electron chi connectivity index (χ2n) is 11.6. The van der Waals surface area contributed by atoms with E-state index in [1.165, 1.54) is 42.9 Å². The number of carbonyl (C=O) groups excluding carboxylic acids is 2. The zero-order valence-corrected chi connectivity index (χ0v) is 27.2. The van der Waals surface area contributed by atoms with Crippen molar-refractivity contribution in [3.8, 4) is 5.82 Å². The van der Waals surface area contributed by atoms with Crippen molar-refractivity contribution in [3.05, 3.63) is 113 Å². The van der Waals surface area contributed by atoms with E-state index in [2.05, 4.69) is 41.3 Å². The Morgan fingerprint density at radius 2 is 1.25 bits per heavy atom. The molecule has 0 radical (unpaired) electrons. The van der Waals surface area contributed by atoms with E-state index in [4.69, 9.17) is 0 Å². The Morgan fingerprint density at radius 3 is 1.69 bits per heavy atom. The monoisotopic (exact) mass is 712 g/mol. The predicted octanol–water partition coefficient (Wildman–Crippen LogP) is 3.22. The number of carbonyl (C=O) groups is 4. The van der Waals surface area contributed by atoms with Crippen molar-refractivity contribution >= 4 is 40.9 Å². The van der Waals surface area contributed by atoms with Crippen LogP contribution in [0, 0.1) is 11.6 Å². The van der Waals surface area contributed by atoms with E-state index in [9.17, 15) is 29.4 Å². The summed E-state index contributed by atoms with van der Waals surface area (Å²) in [6, 6.07) is 9.90.